The van der Waals surface area contributed by atoms with Crippen molar-refractivity contribution in [3.63, 3.8) is 0 Å². The first-order valence-corrected chi connectivity index (χ1v) is 8.68. The van der Waals surface area contributed by atoms with Gasteiger partial charge in [0.1, 0.15) is 4.88 Å². The highest BCUT2D eigenvalue weighted by Gasteiger charge is 2.33. The Bertz CT molecular complexity index is 722. The van der Waals surface area contributed by atoms with Gasteiger partial charge in [0.2, 0.25) is 0 Å². The number of thiazole rings is 1. The van der Waals surface area contributed by atoms with Gasteiger partial charge < -0.3 is 9.64 Å². The molecule has 0 N–H and O–H groups in total. The lowest BCUT2D eigenvalue weighted by Gasteiger charge is -2.35. The van der Waals surface area contributed by atoms with Gasteiger partial charge in [0.15, 0.2) is 0 Å². The quantitative estimate of drug-likeness (QED) is 0.864. The second-order valence-electron chi connectivity index (χ2n) is 5.77. The van der Waals surface area contributed by atoms with Crippen molar-refractivity contribution in [1.29, 1.82) is 0 Å². The summed E-state index contributed by atoms with van der Waals surface area (Å²) in [5.41, 5.74) is 3.13. The smallest absolute Gasteiger partial charge is 0.266 e. The van der Waals surface area contributed by atoms with E-state index >= 15 is 0 Å². The van der Waals surface area contributed by atoms with Gasteiger partial charge in [-0.05, 0) is 20.3 Å². The van der Waals surface area contributed by atoms with Gasteiger partial charge in [0.05, 0.1) is 36.2 Å². The third-order valence-corrected chi connectivity index (χ3v) is 5.48. The zero-order valence-electron chi connectivity index (χ0n) is 14.0. The second kappa shape index (κ2) is 6.41. The number of ether oxygens (including phenoxy) is 1. The molecule has 0 unspecified atom stereocenters. The molecule has 7 heteroatoms. The molecule has 0 aliphatic carbocycles. The number of amides is 1. The first kappa shape index (κ1) is 16.1. The van der Waals surface area contributed by atoms with Gasteiger partial charge in [-0.2, -0.15) is 5.10 Å². The predicted molar refractivity (Wildman–Crippen MR) is 88.8 cm³/mol. The van der Waals surface area contributed by atoms with Crippen LogP contribution in [0.3, 0.4) is 0 Å². The molecule has 1 atom stereocenters. The number of hydrogen-bond acceptors (Lipinski definition) is 5. The van der Waals surface area contributed by atoms with Gasteiger partial charge in [-0.1, -0.05) is 6.92 Å². The van der Waals surface area contributed by atoms with E-state index in [9.17, 15) is 4.79 Å². The number of morpholine rings is 1. The van der Waals surface area contributed by atoms with E-state index in [2.05, 4.69) is 10.1 Å². The van der Waals surface area contributed by atoms with E-state index < -0.39 is 0 Å². The van der Waals surface area contributed by atoms with Gasteiger partial charge in [-0.15, -0.1) is 11.3 Å². The minimum absolute atomic E-state index is 0.0400. The van der Waals surface area contributed by atoms with Crippen LogP contribution in [-0.2, 0) is 18.2 Å². The molecule has 1 aliphatic rings. The van der Waals surface area contributed by atoms with E-state index in [1.165, 1.54) is 11.3 Å². The summed E-state index contributed by atoms with van der Waals surface area (Å²) < 4.78 is 7.52. The van der Waals surface area contributed by atoms with Crippen LogP contribution < -0.4 is 0 Å². The number of carbonyl (C=O) groups excluding carboxylic acids is 1. The van der Waals surface area contributed by atoms with E-state index in [1.807, 2.05) is 37.4 Å². The lowest BCUT2D eigenvalue weighted by Crippen LogP contribution is -2.43. The Morgan fingerprint density at radius 3 is 2.87 bits per heavy atom. The third-order valence-electron chi connectivity index (χ3n) is 4.35. The molecule has 0 saturated carbocycles. The molecule has 2 aromatic rings. The highest BCUT2D eigenvalue weighted by molar-refractivity contribution is 7.13. The molecule has 1 amide bonds. The summed E-state index contributed by atoms with van der Waals surface area (Å²) in [7, 11) is 1.93. The zero-order chi connectivity index (χ0) is 16.6. The van der Waals surface area contributed by atoms with Crippen LogP contribution in [0.15, 0.2) is 6.20 Å². The summed E-state index contributed by atoms with van der Waals surface area (Å²) in [5.74, 6) is 0.0400. The lowest BCUT2D eigenvalue weighted by atomic mass is 10.0. The maximum atomic E-state index is 13.0. The van der Waals surface area contributed by atoms with E-state index in [4.69, 9.17) is 4.74 Å². The molecule has 6 nitrogen and oxygen atoms in total. The molecule has 2 aromatic heterocycles. The number of nitrogens with zero attached hydrogens (tertiary/aromatic N) is 4. The van der Waals surface area contributed by atoms with E-state index in [0.717, 1.165) is 28.4 Å². The highest BCUT2D eigenvalue weighted by Crippen LogP contribution is 2.31. The van der Waals surface area contributed by atoms with Gasteiger partial charge in [0, 0.05) is 24.8 Å². The van der Waals surface area contributed by atoms with Crippen LogP contribution in [-0.4, -0.2) is 45.3 Å². The fourth-order valence-corrected chi connectivity index (χ4v) is 3.89. The highest BCUT2D eigenvalue weighted by atomic mass is 32.1. The van der Waals surface area contributed by atoms with Crippen LogP contribution in [0.1, 0.15) is 44.6 Å². The zero-order valence-corrected chi connectivity index (χ0v) is 14.8. The molecule has 0 radical (unpaired) electrons. The van der Waals surface area contributed by atoms with Crippen molar-refractivity contribution in [2.45, 2.75) is 33.2 Å². The van der Waals surface area contributed by atoms with E-state index in [-0.39, 0.29) is 11.9 Å². The summed E-state index contributed by atoms with van der Waals surface area (Å²) in [5, 5.41) is 5.48. The van der Waals surface area contributed by atoms with Crippen molar-refractivity contribution in [2.24, 2.45) is 7.05 Å². The molecule has 3 rings (SSSR count). The Hall–Kier alpha value is -1.73. The average molecular weight is 334 g/mol. The standard InChI is InChI=1S/C16H22N4O2S/c1-5-14-17-8-13(23-14)16(21)20-6-7-22-9-12(20)15-10(2)18-19(4)11(15)3/h8,12H,5-7,9H2,1-4H3/t12-/m0/s1. The summed E-state index contributed by atoms with van der Waals surface area (Å²) in [6, 6.07) is -0.0860. The number of hydrogen-bond donors (Lipinski definition) is 0. The fraction of sp³-hybridized carbons (Fsp3) is 0.562. The topological polar surface area (TPSA) is 60.3 Å². The van der Waals surface area contributed by atoms with Crippen molar-refractivity contribution in [1.82, 2.24) is 19.7 Å². The Labute approximate surface area is 140 Å². The number of carbonyl (C=O) groups is 1. The molecule has 1 saturated heterocycles. The molecular formula is C16H22N4O2S. The minimum atomic E-state index is -0.0860. The van der Waals surface area contributed by atoms with E-state index in [1.54, 1.807) is 6.20 Å². The molecule has 0 spiro atoms. The molecular weight excluding hydrogens is 312 g/mol. The van der Waals surface area contributed by atoms with Gasteiger partial charge >= 0.3 is 0 Å². The first-order chi connectivity index (χ1) is 11.0. The third kappa shape index (κ3) is 2.90. The summed E-state index contributed by atoms with van der Waals surface area (Å²) >= 11 is 1.48. The summed E-state index contributed by atoms with van der Waals surface area (Å²) in [6.45, 7) is 7.75. The number of rotatable bonds is 3. The summed E-state index contributed by atoms with van der Waals surface area (Å²) in [6.07, 6.45) is 2.55. The normalized spacial score (nSPS) is 18.4. The molecule has 3 heterocycles. The molecule has 1 aliphatic heterocycles. The maximum absolute atomic E-state index is 13.0. The summed E-state index contributed by atoms with van der Waals surface area (Å²) in [4.78, 5) is 19.9. The van der Waals surface area contributed by atoms with Crippen LogP contribution in [0.2, 0.25) is 0 Å². The van der Waals surface area contributed by atoms with Crippen LogP contribution in [0.4, 0.5) is 0 Å². The molecule has 0 bridgehead atoms. The van der Waals surface area contributed by atoms with Crippen molar-refractivity contribution < 1.29 is 9.53 Å². The maximum Gasteiger partial charge on any atom is 0.266 e. The fourth-order valence-electron chi connectivity index (χ4n) is 3.07. The Morgan fingerprint density at radius 2 is 2.26 bits per heavy atom. The molecule has 1 fully saturated rings. The van der Waals surface area contributed by atoms with Gasteiger partial charge in [-0.25, -0.2) is 4.98 Å². The SMILES string of the molecule is CCc1ncc(C(=O)N2CCOC[C@H]2c2c(C)nn(C)c2C)s1. The number of aryl methyl sites for hydroxylation is 3. The minimum Gasteiger partial charge on any atom is -0.377 e. The largest absolute Gasteiger partial charge is 0.377 e. The van der Waals surface area contributed by atoms with Crippen molar-refractivity contribution in [2.75, 3.05) is 19.8 Å². The Morgan fingerprint density at radius 1 is 1.48 bits per heavy atom. The molecule has 124 valence electrons. The Balaban J connectivity index is 1.94. The predicted octanol–water partition coefficient (Wildman–Crippen LogP) is 2.27. The van der Waals surface area contributed by atoms with Gasteiger partial charge in [-0.3, -0.25) is 9.48 Å². The first-order valence-electron chi connectivity index (χ1n) is 7.86. The van der Waals surface area contributed by atoms with Crippen LogP contribution in [0.5, 0.6) is 0 Å². The average Bonchev–Trinajstić information content (AvgIpc) is 3.12. The van der Waals surface area contributed by atoms with Crippen LogP contribution in [0, 0.1) is 13.8 Å². The van der Waals surface area contributed by atoms with Crippen molar-refractivity contribution >= 4 is 17.2 Å². The number of aromatic nitrogens is 3. The monoisotopic (exact) mass is 334 g/mol. The molecule has 0 aromatic carbocycles. The van der Waals surface area contributed by atoms with Crippen molar-refractivity contribution in [3.8, 4) is 0 Å². The molecule has 23 heavy (non-hydrogen) atoms. The lowest BCUT2D eigenvalue weighted by molar-refractivity contribution is -0.00279. The Kier molecular flexibility index (Phi) is 4.50. The van der Waals surface area contributed by atoms with Crippen LogP contribution in [0.25, 0.3) is 0 Å². The second-order valence-corrected chi connectivity index (χ2v) is 6.88. The van der Waals surface area contributed by atoms with E-state index in [0.29, 0.717) is 24.6 Å². The van der Waals surface area contributed by atoms with Crippen LogP contribution >= 0.6 is 11.3 Å². The van der Waals surface area contributed by atoms with Gasteiger partial charge in [0.25, 0.3) is 5.91 Å². The van der Waals surface area contributed by atoms with Crippen molar-refractivity contribution in [3.05, 3.63) is 33.0 Å².